The highest BCUT2D eigenvalue weighted by molar-refractivity contribution is 5.70. The van der Waals surface area contributed by atoms with Crippen molar-refractivity contribution in [3.63, 3.8) is 0 Å². The van der Waals surface area contributed by atoms with Gasteiger partial charge in [-0.2, -0.15) is 0 Å². The minimum atomic E-state index is -0.267. The van der Waals surface area contributed by atoms with E-state index < -0.39 is 0 Å². The molecule has 0 fully saturated rings. The summed E-state index contributed by atoms with van der Waals surface area (Å²) in [6, 6.07) is 0. The van der Waals surface area contributed by atoms with Crippen LogP contribution in [0, 0.1) is 0 Å². The molecule has 6 nitrogen and oxygen atoms in total. The Balaban J connectivity index is 2.59. The van der Waals surface area contributed by atoms with E-state index in [2.05, 4.69) is 4.98 Å². The Hall–Kier alpha value is -2.11. The molecule has 6 heteroatoms. The summed E-state index contributed by atoms with van der Waals surface area (Å²) in [5.74, 6) is 0. The fourth-order valence-electron chi connectivity index (χ4n) is 2.49. The second kappa shape index (κ2) is 6.56. The minimum absolute atomic E-state index is 0.237. The Morgan fingerprint density at radius 3 is 2.57 bits per heavy atom. The van der Waals surface area contributed by atoms with Crippen molar-refractivity contribution in [1.82, 2.24) is 18.7 Å². The quantitative estimate of drug-likeness (QED) is 0.601. The number of hydrogen-bond donors (Lipinski definition) is 0. The van der Waals surface area contributed by atoms with Crippen LogP contribution in [0.3, 0.4) is 0 Å². The van der Waals surface area contributed by atoms with Crippen molar-refractivity contribution in [3.8, 4) is 0 Å². The van der Waals surface area contributed by atoms with Gasteiger partial charge in [0.1, 0.15) is 0 Å². The van der Waals surface area contributed by atoms with E-state index >= 15 is 0 Å². The van der Waals surface area contributed by atoms with Crippen LogP contribution in [0.25, 0.3) is 11.2 Å². The zero-order valence-electron chi connectivity index (χ0n) is 12.9. The summed E-state index contributed by atoms with van der Waals surface area (Å²) in [5.41, 5.74) is 0.500. The molecule has 0 aromatic carbocycles. The number of allylic oxidation sites excluding steroid dienone is 2. The monoisotopic (exact) mass is 290 g/mol. The van der Waals surface area contributed by atoms with Crippen molar-refractivity contribution in [2.45, 2.75) is 53.2 Å². The van der Waals surface area contributed by atoms with E-state index in [1.807, 2.05) is 32.9 Å². The van der Waals surface area contributed by atoms with Crippen LogP contribution in [0.4, 0.5) is 0 Å². The van der Waals surface area contributed by atoms with E-state index in [0.717, 1.165) is 12.8 Å². The zero-order valence-corrected chi connectivity index (χ0v) is 12.9. The van der Waals surface area contributed by atoms with Crippen LogP contribution in [-0.4, -0.2) is 18.7 Å². The largest absolute Gasteiger partial charge is 0.332 e. The molecule has 0 saturated carbocycles. The first-order valence-electron chi connectivity index (χ1n) is 7.45. The van der Waals surface area contributed by atoms with E-state index in [1.165, 1.54) is 4.57 Å². The van der Waals surface area contributed by atoms with Gasteiger partial charge < -0.3 is 4.57 Å². The highest BCUT2D eigenvalue weighted by atomic mass is 16.2. The van der Waals surface area contributed by atoms with Crippen molar-refractivity contribution >= 4 is 11.2 Å². The predicted molar refractivity (Wildman–Crippen MR) is 83.6 cm³/mol. The van der Waals surface area contributed by atoms with Gasteiger partial charge in [-0.05, 0) is 33.6 Å². The van der Waals surface area contributed by atoms with Gasteiger partial charge >= 0.3 is 5.69 Å². The Bertz CT molecular complexity index is 764. The lowest BCUT2D eigenvalue weighted by molar-refractivity contribution is 0.558. The topological polar surface area (TPSA) is 61.8 Å². The van der Waals surface area contributed by atoms with Crippen LogP contribution in [0.15, 0.2) is 28.1 Å². The summed E-state index contributed by atoms with van der Waals surface area (Å²) in [6.45, 7) is 7.41. The van der Waals surface area contributed by atoms with Crippen molar-refractivity contribution in [1.29, 1.82) is 0 Å². The normalized spacial score (nSPS) is 11.8. The molecule has 2 rings (SSSR count). The summed E-state index contributed by atoms with van der Waals surface area (Å²) in [5, 5.41) is 0. The molecule has 114 valence electrons. The molecular formula is C15H22N4O2. The lowest BCUT2D eigenvalue weighted by Gasteiger charge is -2.10. The van der Waals surface area contributed by atoms with Crippen molar-refractivity contribution in [2.75, 3.05) is 0 Å². The molecule has 0 saturated heterocycles. The average Bonchev–Trinajstić information content (AvgIpc) is 2.91. The van der Waals surface area contributed by atoms with E-state index in [0.29, 0.717) is 30.8 Å². The van der Waals surface area contributed by atoms with Crippen molar-refractivity contribution < 1.29 is 0 Å². The number of hydrogen-bond acceptors (Lipinski definition) is 3. The highest BCUT2D eigenvalue weighted by Gasteiger charge is 2.16. The molecule has 0 aliphatic carbocycles. The molecule has 2 heterocycles. The fourth-order valence-corrected chi connectivity index (χ4v) is 2.49. The van der Waals surface area contributed by atoms with Gasteiger partial charge in [0, 0.05) is 19.6 Å². The molecule has 2 aromatic heterocycles. The smallest absolute Gasteiger partial charge is 0.325 e. The van der Waals surface area contributed by atoms with Crippen LogP contribution in [0.5, 0.6) is 0 Å². The first-order valence-corrected chi connectivity index (χ1v) is 7.45. The fraction of sp³-hybridized carbons (Fsp3) is 0.533. The maximum atomic E-state index is 12.6. The molecule has 0 aliphatic heterocycles. The van der Waals surface area contributed by atoms with Crippen LogP contribution >= 0.6 is 0 Å². The van der Waals surface area contributed by atoms with E-state index in [9.17, 15) is 9.59 Å². The SMILES string of the molecule is C/C=C/CCCn1c(=O)c2c(ncn2CC)n(CC)c1=O. The number of aryl methyl sites for hydroxylation is 2. The Labute approximate surface area is 123 Å². The molecule has 0 bridgehead atoms. The summed E-state index contributed by atoms with van der Waals surface area (Å²) in [7, 11) is 0. The molecular weight excluding hydrogens is 268 g/mol. The van der Waals surface area contributed by atoms with Gasteiger partial charge in [0.05, 0.1) is 6.33 Å². The maximum Gasteiger partial charge on any atom is 0.332 e. The summed E-state index contributed by atoms with van der Waals surface area (Å²) < 4.78 is 4.70. The molecule has 0 unspecified atom stereocenters. The number of nitrogens with zero attached hydrogens (tertiary/aromatic N) is 4. The van der Waals surface area contributed by atoms with Crippen molar-refractivity contribution in [2.24, 2.45) is 0 Å². The van der Waals surface area contributed by atoms with Crippen LogP contribution in [0.1, 0.15) is 33.6 Å². The molecule has 21 heavy (non-hydrogen) atoms. The molecule has 0 radical (unpaired) electrons. The number of imidazole rings is 1. The minimum Gasteiger partial charge on any atom is -0.325 e. The van der Waals surface area contributed by atoms with E-state index in [4.69, 9.17) is 0 Å². The standard InChI is InChI=1S/C15H22N4O2/c1-4-7-8-9-10-19-14(20)12-13(16-11-17(12)5-2)18(6-3)15(19)21/h4,7,11H,5-6,8-10H2,1-3H3/b7-4+. The summed E-state index contributed by atoms with van der Waals surface area (Å²) >= 11 is 0. The second-order valence-corrected chi connectivity index (χ2v) is 4.90. The third-order valence-electron chi connectivity index (χ3n) is 3.63. The van der Waals surface area contributed by atoms with Gasteiger partial charge in [-0.15, -0.1) is 0 Å². The van der Waals surface area contributed by atoms with Gasteiger partial charge in [0.15, 0.2) is 11.2 Å². The van der Waals surface area contributed by atoms with Gasteiger partial charge in [-0.1, -0.05) is 12.2 Å². The van der Waals surface area contributed by atoms with Crippen LogP contribution in [-0.2, 0) is 19.6 Å². The third-order valence-corrected chi connectivity index (χ3v) is 3.63. The predicted octanol–water partition coefficient (Wildman–Crippen LogP) is 1.76. The Morgan fingerprint density at radius 2 is 1.95 bits per heavy atom. The number of rotatable bonds is 6. The van der Waals surface area contributed by atoms with Gasteiger partial charge in [-0.3, -0.25) is 13.9 Å². The summed E-state index contributed by atoms with van der Waals surface area (Å²) in [4.78, 5) is 29.3. The molecule has 0 N–H and O–H groups in total. The van der Waals surface area contributed by atoms with E-state index in [-0.39, 0.29) is 11.2 Å². The van der Waals surface area contributed by atoms with Crippen LogP contribution < -0.4 is 11.2 Å². The lowest BCUT2D eigenvalue weighted by Crippen LogP contribution is -2.40. The van der Waals surface area contributed by atoms with Gasteiger partial charge in [-0.25, -0.2) is 9.78 Å². The lowest BCUT2D eigenvalue weighted by atomic mass is 10.3. The molecule has 0 spiro atoms. The third kappa shape index (κ3) is 2.70. The highest BCUT2D eigenvalue weighted by Crippen LogP contribution is 2.06. The molecule has 0 atom stereocenters. The molecule has 0 amide bonds. The second-order valence-electron chi connectivity index (χ2n) is 4.90. The van der Waals surface area contributed by atoms with Crippen molar-refractivity contribution in [3.05, 3.63) is 39.3 Å². The average molecular weight is 290 g/mol. The van der Waals surface area contributed by atoms with Gasteiger partial charge in [0.25, 0.3) is 5.56 Å². The Kier molecular flexibility index (Phi) is 4.77. The molecule has 2 aromatic rings. The number of fused-ring (bicyclic) bond motifs is 1. The maximum absolute atomic E-state index is 12.6. The summed E-state index contributed by atoms with van der Waals surface area (Å²) in [6.07, 6.45) is 7.27. The first kappa shape index (κ1) is 15.3. The first-order chi connectivity index (χ1) is 10.2. The number of unbranched alkanes of at least 4 members (excludes halogenated alkanes) is 1. The Morgan fingerprint density at radius 1 is 1.19 bits per heavy atom. The number of aromatic nitrogens is 4. The van der Waals surface area contributed by atoms with E-state index in [1.54, 1.807) is 15.5 Å². The van der Waals surface area contributed by atoms with Gasteiger partial charge in [0.2, 0.25) is 0 Å². The van der Waals surface area contributed by atoms with Crippen LogP contribution in [0.2, 0.25) is 0 Å². The zero-order chi connectivity index (χ0) is 15.4. The molecule has 0 aliphatic rings.